The molecule has 0 atom stereocenters. The van der Waals surface area contributed by atoms with E-state index in [2.05, 4.69) is 37.3 Å². The molecule has 3 heterocycles. The second-order valence-electron chi connectivity index (χ2n) is 5.05. The fourth-order valence-corrected chi connectivity index (χ4v) is 3.13. The van der Waals surface area contributed by atoms with Gasteiger partial charge >= 0.3 is 0 Å². The summed E-state index contributed by atoms with van der Waals surface area (Å²) in [6, 6.07) is 3.90. The van der Waals surface area contributed by atoms with Crippen LogP contribution in [0.2, 0.25) is 0 Å². The van der Waals surface area contributed by atoms with Crippen molar-refractivity contribution in [2.75, 3.05) is 25.9 Å². The van der Waals surface area contributed by atoms with Gasteiger partial charge in [0, 0.05) is 17.8 Å². The van der Waals surface area contributed by atoms with Gasteiger partial charge in [-0.15, -0.1) is 0 Å². The highest BCUT2D eigenvalue weighted by Crippen LogP contribution is 2.30. The van der Waals surface area contributed by atoms with Gasteiger partial charge in [-0.05, 0) is 61.0 Å². The first-order valence-corrected chi connectivity index (χ1v) is 7.06. The monoisotopic (exact) mass is 308 g/mol. The summed E-state index contributed by atoms with van der Waals surface area (Å²) in [5.41, 5.74) is 7.67. The van der Waals surface area contributed by atoms with E-state index in [4.69, 9.17) is 5.73 Å². The number of nitrogens with zero attached hydrogens (tertiary/aromatic N) is 3. The number of nitrogens with two attached hydrogens (primary N) is 1. The molecule has 18 heavy (non-hydrogen) atoms. The van der Waals surface area contributed by atoms with Crippen LogP contribution < -0.4 is 5.73 Å². The zero-order chi connectivity index (χ0) is 12.7. The van der Waals surface area contributed by atoms with Crippen molar-refractivity contribution in [3.05, 3.63) is 28.8 Å². The van der Waals surface area contributed by atoms with Gasteiger partial charge in [-0.2, -0.15) is 0 Å². The van der Waals surface area contributed by atoms with Crippen molar-refractivity contribution in [3.8, 4) is 0 Å². The molecule has 0 spiro atoms. The summed E-state index contributed by atoms with van der Waals surface area (Å²) in [6.07, 6.45) is 4.37. The van der Waals surface area contributed by atoms with Crippen LogP contribution in [0.25, 0.3) is 5.52 Å². The zero-order valence-electron chi connectivity index (χ0n) is 10.4. The molecule has 0 aliphatic carbocycles. The molecule has 0 aromatic carbocycles. The van der Waals surface area contributed by atoms with Gasteiger partial charge in [0.2, 0.25) is 0 Å². The quantitative estimate of drug-likeness (QED) is 0.880. The SMILES string of the molecule is CN1CCC(c2nc(Br)c3cc(N)ccn23)CC1. The van der Waals surface area contributed by atoms with Crippen LogP contribution in [0.15, 0.2) is 22.9 Å². The number of rotatable bonds is 1. The number of likely N-dealkylation sites (tertiary alicyclic amines) is 1. The van der Waals surface area contributed by atoms with E-state index in [1.165, 1.54) is 12.8 Å². The van der Waals surface area contributed by atoms with Crippen LogP contribution in [-0.2, 0) is 0 Å². The lowest BCUT2D eigenvalue weighted by molar-refractivity contribution is 0.251. The Morgan fingerprint density at radius 2 is 2.11 bits per heavy atom. The van der Waals surface area contributed by atoms with E-state index in [1.54, 1.807) is 0 Å². The number of hydrogen-bond acceptors (Lipinski definition) is 3. The number of aromatic nitrogens is 2. The van der Waals surface area contributed by atoms with Crippen molar-refractivity contribution in [3.63, 3.8) is 0 Å². The van der Waals surface area contributed by atoms with E-state index in [-0.39, 0.29) is 0 Å². The molecule has 1 aliphatic rings. The van der Waals surface area contributed by atoms with Gasteiger partial charge in [0.05, 0.1) is 5.52 Å². The number of anilines is 1. The molecule has 2 N–H and O–H groups in total. The number of imidazole rings is 1. The Balaban J connectivity index is 2.02. The predicted molar refractivity (Wildman–Crippen MR) is 76.8 cm³/mol. The Morgan fingerprint density at radius 3 is 2.83 bits per heavy atom. The number of hydrogen-bond donors (Lipinski definition) is 1. The van der Waals surface area contributed by atoms with Crippen LogP contribution in [-0.4, -0.2) is 34.4 Å². The van der Waals surface area contributed by atoms with Crippen molar-refractivity contribution in [2.24, 2.45) is 0 Å². The molecule has 0 amide bonds. The molecule has 1 fully saturated rings. The lowest BCUT2D eigenvalue weighted by Crippen LogP contribution is -2.29. The van der Waals surface area contributed by atoms with Gasteiger partial charge in [-0.3, -0.25) is 0 Å². The topological polar surface area (TPSA) is 46.6 Å². The number of nitrogen functional groups attached to an aromatic ring is 1. The first-order valence-electron chi connectivity index (χ1n) is 6.26. The standard InChI is InChI=1S/C13H17BrN4/c1-17-5-2-9(3-6-17)13-16-12(14)11-8-10(15)4-7-18(11)13/h4,7-9H,2-3,5-6,15H2,1H3. The van der Waals surface area contributed by atoms with Crippen molar-refractivity contribution in [2.45, 2.75) is 18.8 Å². The number of pyridine rings is 1. The van der Waals surface area contributed by atoms with E-state index in [1.807, 2.05) is 18.3 Å². The van der Waals surface area contributed by atoms with Crippen molar-refractivity contribution in [1.29, 1.82) is 0 Å². The van der Waals surface area contributed by atoms with Crippen LogP contribution in [0, 0.1) is 0 Å². The minimum Gasteiger partial charge on any atom is -0.399 e. The first kappa shape index (κ1) is 12.0. The zero-order valence-corrected chi connectivity index (χ0v) is 12.0. The fraction of sp³-hybridized carbons (Fsp3) is 0.462. The van der Waals surface area contributed by atoms with Crippen molar-refractivity contribution >= 4 is 27.1 Å². The van der Waals surface area contributed by atoms with Gasteiger partial charge < -0.3 is 15.0 Å². The molecule has 5 heteroatoms. The second-order valence-corrected chi connectivity index (χ2v) is 5.80. The highest BCUT2D eigenvalue weighted by molar-refractivity contribution is 9.10. The molecule has 0 saturated carbocycles. The molecule has 1 aliphatic heterocycles. The Bertz CT molecular complexity index is 570. The van der Waals surface area contributed by atoms with Crippen LogP contribution in [0.1, 0.15) is 24.6 Å². The summed E-state index contributed by atoms with van der Waals surface area (Å²) < 4.78 is 3.06. The van der Waals surface area contributed by atoms with Gasteiger partial charge in [0.1, 0.15) is 10.4 Å². The lowest BCUT2D eigenvalue weighted by atomic mass is 9.96. The average Bonchev–Trinajstić information content (AvgIpc) is 2.68. The highest BCUT2D eigenvalue weighted by atomic mass is 79.9. The average molecular weight is 309 g/mol. The summed E-state index contributed by atoms with van der Waals surface area (Å²) in [7, 11) is 2.18. The third-order valence-corrected chi connectivity index (χ3v) is 4.32. The van der Waals surface area contributed by atoms with E-state index < -0.39 is 0 Å². The Morgan fingerprint density at radius 1 is 1.39 bits per heavy atom. The lowest BCUT2D eigenvalue weighted by Gasteiger charge is -2.28. The number of fused-ring (bicyclic) bond motifs is 1. The largest absolute Gasteiger partial charge is 0.399 e. The van der Waals surface area contributed by atoms with Crippen molar-refractivity contribution < 1.29 is 0 Å². The maximum Gasteiger partial charge on any atom is 0.132 e. The molecular formula is C13H17BrN4. The van der Waals surface area contributed by atoms with E-state index in [0.717, 1.165) is 34.7 Å². The smallest absolute Gasteiger partial charge is 0.132 e. The van der Waals surface area contributed by atoms with Gasteiger partial charge in [0.15, 0.2) is 0 Å². The number of piperidine rings is 1. The molecular weight excluding hydrogens is 292 g/mol. The Hall–Kier alpha value is -1.07. The summed E-state index contributed by atoms with van der Waals surface area (Å²) in [5.74, 6) is 1.70. The Kier molecular flexibility index (Phi) is 3.03. The molecule has 0 unspecified atom stereocenters. The predicted octanol–water partition coefficient (Wildman–Crippen LogP) is 2.49. The van der Waals surface area contributed by atoms with Gasteiger partial charge in [-0.1, -0.05) is 0 Å². The van der Waals surface area contributed by atoms with E-state index in [9.17, 15) is 0 Å². The summed E-state index contributed by atoms with van der Waals surface area (Å²) in [5, 5.41) is 0. The minimum absolute atomic E-state index is 0.545. The van der Waals surface area contributed by atoms with E-state index in [0.29, 0.717) is 5.92 Å². The highest BCUT2D eigenvalue weighted by Gasteiger charge is 2.23. The first-order chi connectivity index (χ1) is 8.65. The normalized spacial score (nSPS) is 18.6. The Labute approximate surface area is 115 Å². The third-order valence-electron chi connectivity index (χ3n) is 3.73. The van der Waals surface area contributed by atoms with Crippen LogP contribution in [0.5, 0.6) is 0 Å². The molecule has 1 saturated heterocycles. The molecule has 4 nitrogen and oxygen atoms in total. The number of halogens is 1. The molecule has 2 aromatic rings. The maximum atomic E-state index is 5.83. The molecule has 0 radical (unpaired) electrons. The van der Waals surface area contributed by atoms with Gasteiger partial charge in [0.25, 0.3) is 0 Å². The van der Waals surface area contributed by atoms with Crippen LogP contribution in [0.4, 0.5) is 5.69 Å². The van der Waals surface area contributed by atoms with Crippen molar-refractivity contribution in [1.82, 2.24) is 14.3 Å². The summed E-state index contributed by atoms with van der Waals surface area (Å²) >= 11 is 3.53. The summed E-state index contributed by atoms with van der Waals surface area (Å²) in [6.45, 7) is 2.29. The van der Waals surface area contributed by atoms with Crippen LogP contribution >= 0.6 is 15.9 Å². The summed E-state index contributed by atoms with van der Waals surface area (Å²) in [4.78, 5) is 7.06. The maximum absolute atomic E-state index is 5.83. The van der Waals surface area contributed by atoms with E-state index >= 15 is 0 Å². The molecule has 2 aromatic heterocycles. The molecule has 0 bridgehead atoms. The second kappa shape index (κ2) is 4.55. The van der Waals surface area contributed by atoms with Crippen LogP contribution in [0.3, 0.4) is 0 Å². The fourth-order valence-electron chi connectivity index (χ4n) is 2.64. The molecule has 96 valence electrons. The van der Waals surface area contributed by atoms with Gasteiger partial charge in [-0.25, -0.2) is 4.98 Å². The molecule has 3 rings (SSSR count). The minimum atomic E-state index is 0.545. The third kappa shape index (κ3) is 2.01.